The highest BCUT2D eigenvalue weighted by molar-refractivity contribution is 7.21. The van der Waals surface area contributed by atoms with E-state index in [9.17, 15) is 22.4 Å². The molecule has 0 unspecified atom stereocenters. The quantitative estimate of drug-likeness (QED) is 0.618. The number of halogens is 4. The lowest BCUT2D eigenvalue weighted by Crippen LogP contribution is -2.12. The molecule has 0 aliphatic carbocycles. The van der Waals surface area contributed by atoms with Crippen LogP contribution in [0, 0.1) is 19.7 Å². The van der Waals surface area contributed by atoms with Crippen molar-refractivity contribution < 1.29 is 22.4 Å². The first-order valence-electron chi connectivity index (χ1n) is 7.42. The van der Waals surface area contributed by atoms with Crippen molar-refractivity contribution in [3.8, 4) is 0 Å². The SMILES string of the molecule is Cc1ccc(NC(=O)c2sc3nc(C(F)(F)F)cc(C)c3c2N)cc1F. The van der Waals surface area contributed by atoms with Crippen LogP contribution in [0.4, 0.5) is 28.9 Å². The van der Waals surface area contributed by atoms with Gasteiger partial charge >= 0.3 is 6.18 Å². The third-order valence-electron chi connectivity index (χ3n) is 3.82. The number of nitrogens with two attached hydrogens (primary N) is 1. The van der Waals surface area contributed by atoms with Crippen molar-refractivity contribution in [2.75, 3.05) is 11.1 Å². The van der Waals surface area contributed by atoms with Crippen LogP contribution < -0.4 is 11.1 Å². The summed E-state index contributed by atoms with van der Waals surface area (Å²) in [6, 6.07) is 5.07. The van der Waals surface area contributed by atoms with Gasteiger partial charge in [-0.1, -0.05) is 6.07 Å². The van der Waals surface area contributed by atoms with Gasteiger partial charge in [-0.05, 0) is 43.2 Å². The Kier molecular flexibility index (Phi) is 4.35. The van der Waals surface area contributed by atoms with Gasteiger partial charge in [-0.2, -0.15) is 13.2 Å². The molecule has 0 radical (unpaired) electrons. The number of benzene rings is 1. The predicted molar refractivity (Wildman–Crippen MR) is 92.9 cm³/mol. The molecule has 3 aromatic rings. The monoisotopic (exact) mass is 383 g/mol. The summed E-state index contributed by atoms with van der Waals surface area (Å²) in [4.78, 5) is 16.1. The fraction of sp³-hybridized carbons (Fsp3) is 0.176. The van der Waals surface area contributed by atoms with E-state index in [1.807, 2.05) is 0 Å². The molecule has 2 aromatic heterocycles. The molecule has 136 valence electrons. The maximum atomic E-state index is 13.6. The van der Waals surface area contributed by atoms with E-state index >= 15 is 0 Å². The second-order valence-corrected chi connectivity index (χ2v) is 6.76. The molecule has 1 amide bonds. The molecule has 26 heavy (non-hydrogen) atoms. The number of rotatable bonds is 2. The Morgan fingerprint density at radius 2 is 1.88 bits per heavy atom. The molecule has 1 aromatic carbocycles. The lowest BCUT2D eigenvalue weighted by Gasteiger charge is -2.07. The van der Waals surface area contributed by atoms with Crippen LogP contribution in [0.25, 0.3) is 10.2 Å². The zero-order chi connectivity index (χ0) is 19.2. The number of pyridine rings is 1. The van der Waals surface area contributed by atoms with Gasteiger partial charge in [0.1, 0.15) is 21.2 Å². The molecular formula is C17H13F4N3OS. The first kappa shape index (κ1) is 18.1. The standard InChI is InChI=1S/C17H13F4N3OS/c1-7-3-4-9(6-10(7)18)23-15(25)14-13(22)12-8(2)5-11(17(19,20)21)24-16(12)26-14/h3-6H,22H2,1-2H3,(H,23,25). The summed E-state index contributed by atoms with van der Waals surface area (Å²) >= 11 is 0.761. The Morgan fingerprint density at radius 1 is 1.19 bits per heavy atom. The molecule has 3 rings (SSSR count). The highest BCUT2D eigenvalue weighted by Crippen LogP contribution is 2.38. The van der Waals surface area contributed by atoms with Crippen molar-refractivity contribution in [1.29, 1.82) is 0 Å². The number of amides is 1. The number of nitrogen functional groups attached to an aromatic ring is 1. The van der Waals surface area contributed by atoms with E-state index in [1.165, 1.54) is 19.1 Å². The summed E-state index contributed by atoms with van der Waals surface area (Å²) < 4.78 is 52.3. The van der Waals surface area contributed by atoms with Crippen molar-refractivity contribution in [3.05, 3.63) is 51.8 Å². The normalized spacial score (nSPS) is 11.8. The zero-order valence-electron chi connectivity index (χ0n) is 13.7. The van der Waals surface area contributed by atoms with E-state index in [2.05, 4.69) is 10.3 Å². The van der Waals surface area contributed by atoms with Crippen LogP contribution in [0.1, 0.15) is 26.5 Å². The Balaban J connectivity index is 2.02. The maximum absolute atomic E-state index is 13.6. The van der Waals surface area contributed by atoms with Crippen molar-refractivity contribution >= 4 is 38.8 Å². The number of thiophene rings is 1. The minimum Gasteiger partial charge on any atom is -0.397 e. The van der Waals surface area contributed by atoms with E-state index in [1.54, 1.807) is 6.92 Å². The Bertz CT molecular complexity index is 1030. The van der Waals surface area contributed by atoms with Gasteiger partial charge in [0.05, 0.1) is 5.69 Å². The van der Waals surface area contributed by atoms with E-state index in [4.69, 9.17) is 5.73 Å². The Hall–Kier alpha value is -2.68. The van der Waals surface area contributed by atoms with Crippen LogP contribution >= 0.6 is 11.3 Å². The molecule has 0 fully saturated rings. The molecule has 0 atom stereocenters. The van der Waals surface area contributed by atoms with E-state index in [0.29, 0.717) is 10.9 Å². The van der Waals surface area contributed by atoms with Crippen LogP contribution in [0.5, 0.6) is 0 Å². The van der Waals surface area contributed by atoms with Crippen LogP contribution in [0.3, 0.4) is 0 Å². The Morgan fingerprint density at radius 3 is 2.50 bits per heavy atom. The maximum Gasteiger partial charge on any atom is 0.433 e. The van der Waals surface area contributed by atoms with Crippen LogP contribution in [0.2, 0.25) is 0 Å². The lowest BCUT2D eigenvalue weighted by atomic mass is 10.1. The second-order valence-electron chi connectivity index (χ2n) is 5.77. The van der Waals surface area contributed by atoms with Crippen molar-refractivity contribution in [2.24, 2.45) is 0 Å². The molecule has 0 spiro atoms. The number of hydrogen-bond donors (Lipinski definition) is 2. The molecule has 0 aliphatic rings. The van der Waals surface area contributed by atoms with Gasteiger partial charge < -0.3 is 11.1 Å². The number of nitrogens with one attached hydrogen (secondary N) is 1. The molecule has 4 nitrogen and oxygen atoms in total. The van der Waals surface area contributed by atoms with Gasteiger partial charge in [0.2, 0.25) is 0 Å². The number of carbonyl (C=O) groups excluding carboxylic acids is 1. The smallest absolute Gasteiger partial charge is 0.397 e. The van der Waals surface area contributed by atoms with Gasteiger partial charge in [0, 0.05) is 11.1 Å². The van der Waals surface area contributed by atoms with Gasteiger partial charge in [0.25, 0.3) is 5.91 Å². The van der Waals surface area contributed by atoms with Crippen molar-refractivity contribution in [2.45, 2.75) is 20.0 Å². The van der Waals surface area contributed by atoms with Gasteiger partial charge in [-0.15, -0.1) is 11.3 Å². The summed E-state index contributed by atoms with van der Waals surface area (Å²) in [5.41, 5.74) is 5.88. The van der Waals surface area contributed by atoms with E-state index in [-0.39, 0.29) is 26.6 Å². The highest BCUT2D eigenvalue weighted by Gasteiger charge is 2.34. The molecule has 3 N–H and O–H groups in total. The summed E-state index contributed by atoms with van der Waals surface area (Å²) in [7, 11) is 0. The van der Waals surface area contributed by atoms with Crippen LogP contribution in [-0.4, -0.2) is 10.9 Å². The van der Waals surface area contributed by atoms with Crippen LogP contribution in [-0.2, 0) is 6.18 Å². The molecular weight excluding hydrogens is 370 g/mol. The number of alkyl halides is 3. The number of aromatic nitrogens is 1. The molecule has 0 saturated heterocycles. The molecule has 0 aliphatic heterocycles. The third kappa shape index (κ3) is 3.22. The second kappa shape index (κ2) is 6.24. The number of carbonyl (C=O) groups is 1. The summed E-state index contributed by atoms with van der Waals surface area (Å²) in [6.45, 7) is 3.05. The minimum absolute atomic E-state index is 0.0232. The summed E-state index contributed by atoms with van der Waals surface area (Å²) in [5, 5.41) is 2.80. The Labute approximate surface area is 149 Å². The number of aryl methyl sites for hydroxylation is 2. The first-order valence-corrected chi connectivity index (χ1v) is 8.24. The van der Waals surface area contributed by atoms with Crippen molar-refractivity contribution in [1.82, 2.24) is 4.98 Å². The number of fused-ring (bicyclic) bond motifs is 1. The number of hydrogen-bond acceptors (Lipinski definition) is 4. The third-order valence-corrected chi connectivity index (χ3v) is 4.92. The fourth-order valence-electron chi connectivity index (χ4n) is 2.48. The average Bonchev–Trinajstić information content (AvgIpc) is 2.87. The molecule has 0 saturated carbocycles. The highest BCUT2D eigenvalue weighted by atomic mass is 32.1. The van der Waals surface area contributed by atoms with Crippen LogP contribution in [0.15, 0.2) is 24.3 Å². The summed E-state index contributed by atoms with van der Waals surface area (Å²) in [6.07, 6.45) is -4.60. The summed E-state index contributed by atoms with van der Waals surface area (Å²) in [5.74, 6) is -1.12. The van der Waals surface area contributed by atoms with Gasteiger partial charge in [-0.25, -0.2) is 9.37 Å². The van der Waals surface area contributed by atoms with Gasteiger partial charge in [-0.3, -0.25) is 4.79 Å². The lowest BCUT2D eigenvalue weighted by molar-refractivity contribution is -0.141. The average molecular weight is 383 g/mol. The molecule has 9 heteroatoms. The van der Waals surface area contributed by atoms with E-state index in [0.717, 1.165) is 23.5 Å². The van der Waals surface area contributed by atoms with Crippen molar-refractivity contribution in [3.63, 3.8) is 0 Å². The largest absolute Gasteiger partial charge is 0.433 e. The predicted octanol–water partition coefficient (Wildman–Crippen LogP) is 4.91. The van der Waals surface area contributed by atoms with Gasteiger partial charge in [0.15, 0.2) is 0 Å². The zero-order valence-corrected chi connectivity index (χ0v) is 14.5. The molecule has 2 heterocycles. The fourth-order valence-corrected chi connectivity index (χ4v) is 3.55. The topological polar surface area (TPSA) is 68.0 Å². The number of anilines is 2. The minimum atomic E-state index is -4.60. The first-order chi connectivity index (χ1) is 12.1. The number of nitrogens with zero attached hydrogens (tertiary/aromatic N) is 1. The molecule has 0 bridgehead atoms. The van der Waals surface area contributed by atoms with E-state index < -0.39 is 23.6 Å².